The maximum absolute atomic E-state index is 6.31. The molecule has 0 radical (unpaired) electrons. The molecular weight excluding hydrogens is 319 g/mol. The van der Waals surface area contributed by atoms with Crippen LogP contribution in [0.5, 0.6) is 0 Å². The molecule has 0 amide bonds. The molecule has 1 fully saturated rings. The van der Waals surface area contributed by atoms with Crippen LogP contribution in [0.1, 0.15) is 37.7 Å². The van der Waals surface area contributed by atoms with Crippen LogP contribution in [0.3, 0.4) is 0 Å². The van der Waals surface area contributed by atoms with Gasteiger partial charge in [0.05, 0.1) is 0 Å². The SMILES string of the molecule is Clc1cc(Br)ccc1CC1CCCCC(Cl)C1. The second-order valence-corrected chi connectivity index (χ2v) is 6.86. The lowest BCUT2D eigenvalue weighted by atomic mass is 9.92. The summed E-state index contributed by atoms with van der Waals surface area (Å²) in [5.41, 5.74) is 1.26. The van der Waals surface area contributed by atoms with Crippen molar-refractivity contribution in [2.45, 2.75) is 43.9 Å². The van der Waals surface area contributed by atoms with Crippen molar-refractivity contribution >= 4 is 39.1 Å². The molecule has 2 atom stereocenters. The minimum atomic E-state index is 0.358. The maximum atomic E-state index is 6.31. The molecule has 17 heavy (non-hydrogen) atoms. The molecule has 0 bridgehead atoms. The van der Waals surface area contributed by atoms with E-state index in [0.717, 1.165) is 22.3 Å². The highest BCUT2D eigenvalue weighted by atomic mass is 79.9. The molecular formula is C14H17BrCl2. The van der Waals surface area contributed by atoms with Crippen molar-refractivity contribution in [3.8, 4) is 0 Å². The highest BCUT2D eigenvalue weighted by molar-refractivity contribution is 9.10. The first kappa shape index (κ1) is 13.7. The molecule has 0 aromatic heterocycles. The van der Waals surface area contributed by atoms with Crippen molar-refractivity contribution in [2.24, 2.45) is 5.92 Å². The van der Waals surface area contributed by atoms with Crippen LogP contribution < -0.4 is 0 Å². The zero-order valence-electron chi connectivity index (χ0n) is 9.76. The average molecular weight is 336 g/mol. The fraction of sp³-hybridized carbons (Fsp3) is 0.571. The predicted molar refractivity (Wildman–Crippen MR) is 79.1 cm³/mol. The molecule has 2 unspecified atom stereocenters. The van der Waals surface area contributed by atoms with Gasteiger partial charge in [0.15, 0.2) is 0 Å². The van der Waals surface area contributed by atoms with Crippen LogP contribution in [0.2, 0.25) is 5.02 Å². The van der Waals surface area contributed by atoms with Gasteiger partial charge in [0.25, 0.3) is 0 Å². The van der Waals surface area contributed by atoms with E-state index in [1.54, 1.807) is 0 Å². The lowest BCUT2D eigenvalue weighted by Crippen LogP contribution is -2.09. The summed E-state index contributed by atoms with van der Waals surface area (Å²) in [5.74, 6) is 0.693. The van der Waals surface area contributed by atoms with E-state index in [-0.39, 0.29) is 0 Å². The van der Waals surface area contributed by atoms with Gasteiger partial charge in [0, 0.05) is 14.9 Å². The minimum Gasteiger partial charge on any atom is -0.123 e. The van der Waals surface area contributed by atoms with Gasteiger partial charge >= 0.3 is 0 Å². The Morgan fingerprint density at radius 1 is 1.24 bits per heavy atom. The monoisotopic (exact) mass is 334 g/mol. The Labute approximate surface area is 122 Å². The van der Waals surface area contributed by atoms with E-state index in [1.807, 2.05) is 6.07 Å². The van der Waals surface area contributed by atoms with Gasteiger partial charge in [-0.15, -0.1) is 11.6 Å². The first-order valence-corrected chi connectivity index (χ1v) is 7.84. The van der Waals surface area contributed by atoms with Gasteiger partial charge in [-0.05, 0) is 42.9 Å². The molecule has 2 rings (SSSR count). The standard InChI is InChI=1S/C14H17BrCl2/c15-12-6-5-11(14(17)9-12)7-10-3-1-2-4-13(16)8-10/h5-6,9-10,13H,1-4,7-8H2. The molecule has 1 aliphatic rings. The number of alkyl halides is 1. The molecule has 1 aromatic rings. The zero-order chi connectivity index (χ0) is 12.3. The summed E-state index contributed by atoms with van der Waals surface area (Å²) in [5, 5.41) is 1.23. The fourth-order valence-electron chi connectivity index (χ4n) is 2.58. The molecule has 1 aromatic carbocycles. The average Bonchev–Trinajstić information content (AvgIpc) is 2.47. The van der Waals surface area contributed by atoms with Gasteiger partial charge in [0.2, 0.25) is 0 Å². The van der Waals surface area contributed by atoms with E-state index >= 15 is 0 Å². The molecule has 0 spiro atoms. The summed E-state index contributed by atoms with van der Waals surface area (Å²) in [6.45, 7) is 0. The van der Waals surface area contributed by atoms with Crippen LogP contribution in [-0.2, 0) is 6.42 Å². The lowest BCUT2D eigenvalue weighted by molar-refractivity contribution is 0.460. The molecule has 94 valence electrons. The van der Waals surface area contributed by atoms with Crippen LogP contribution >= 0.6 is 39.1 Å². The molecule has 0 saturated heterocycles. The predicted octanol–water partition coefficient (Wildman–Crippen LogP) is 5.83. The second-order valence-electron chi connectivity index (χ2n) is 4.92. The smallest absolute Gasteiger partial charge is 0.0449 e. The number of hydrogen-bond donors (Lipinski definition) is 0. The summed E-state index contributed by atoms with van der Waals surface area (Å²) in [6.07, 6.45) is 7.24. The normalized spacial score (nSPS) is 25.6. The largest absolute Gasteiger partial charge is 0.123 e. The number of rotatable bonds is 2. The third-order valence-corrected chi connectivity index (χ3v) is 4.73. The summed E-state index contributed by atoms with van der Waals surface area (Å²) >= 11 is 16.0. The van der Waals surface area contributed by atoms with Crippen molar-refractivity contribution in [3.05, 3.63) is 33.3 Å². The lowest BCUT2D eigenvalue weighted by Gasteiger charge is -2.17. The Morgan fingerprint density at radius 2 is 2.00 bits per heavy atom. The van der Waals surface area contributed by atoms with E-state index in [4.69, 9.17) is 23.2 Å². The van der Waals surface area contributed by atoms with E-state index in [0.29, 0.717) is 11.3 Å². The molecule has 0 N–H and O–H groups in total. The minimum absolute atomic E-state index is 0.358. The molecule has 1 aliphatic carbocycles. The van der Waals surface area contributed by atoms with Gasteiger partial charge < -0.3 is 0 Å². The van der Waals surface area contributed by atoms with Gasteiger partial charge in [-0.2, -0.15) is 0 Å². The molecule has 1 saturated carbocycles. The third-order valence-electron chi connectivity index (χ3n) is 3.49. The molecule has 3 heteroatoms. The Bertz CT molecular complexity index is 378. The van der Waals surface area contributed by atoms with Crippen LogP contribution in [-0.4, -0.2) is 5.38 Å². The molecule has 0 heterocycles. The van der Waals surface area contributed by atoms with Gasteiger partial charge in [-0.1, -0.05) is 52.9 Å². The van der Waals surface area contributed by atoms with Crippen molar-refractivity contribution < 1.29 is 0 Å². The fourth-order valence-corrected chi connectivity index (χ4v) is 3.74. The van der Waals surface area contributed by atoms with Crippen LogP contribution in [0, 0.1) is 5.92 Å². The number of benzene rings is 1. The molecule has 0 aliphatic heterocycles. The first-order chi connectivity index (χ1) is 8.15. The van der Waals surface area contributed by atoms with Gasteiger partial charge in [-0.3, -0.25) is 0 Å². The summed E-state index contributed by atoms with van der Waals surface area (Å²) in [7, 11) is 0. The Hall–Kier alpha value is 0.280. The van der Waals surface area contributed by atoms with Gasteiger partial charge in [0.1, 0.15) is 0 Å². The van der Waals surface area contributed by atoms with E-state index in [9.17, 15) is 0 Å². The quantitative estimate of drug-likeness (QED) is 0.471. The Morgan fingerprint density at radius 3 is 2.76 bits per heavy atom. The van der Waals surface area contributed by atoms with E-state index in [2.05, 4.69) is 28.1 Å². The van der Waals surface area contributed by atoms with Crippen molar-refractivity contribution in [1.29, 1.82) is 0 Å². The first-order valence-electron chi connectivity index (χ1n) is 6.23. The van der Waals surface area contributed by atoms with Crippen LogP contribution in [0.25, 0.3) is 0 Å². The highest BCUT2D eigenvalue weighted by Crippen LogP contribution is 2.31. The number of halogens is 3. The molecule has 0 nitrogen and oxygen atoms in total. The summed E-state index contributed by atoms with van der Waals surface area (Å²) < 4.78 is 1.04. The Kier molecular flexibility index (Phi) is 5.20. The van der Waals surface area contributed by atoms with Crippen LogP contribution in [0.15, 0.2) is 22.7 Å². The maximum Gasteiger partial charge on any atom is 0.0449 e. The third kappa shape index (κ3) is 4.15. The summed E-state index contributed by atoms with van der Waals surface area (Å²) in [6, 6.07) is 6.17. The zero-order valence-corrected chi connectivity index (χ0v) is 12.9. The number of hydrogen-bond acceptors (Lipinski definition) is 0. The second kappa shape index (κ2) is 6.45. The topological polar surface area (TPSA) is 0 Å². The van der Waals surface area contributed by atoms with Gasteiger partial charge in [-0.25, -0.2) is 0 Å². The highest BCUT2D eigenvalue weighted by Gasteiger charge is 2.19. The van der Waals surface area contributed by atoms with E-state index < -0.39 is 0 Å². The van der Waals surface area contributed by atoms with Crippen molar-refractivity contribution in [2.75, 3.05) is 0 Å². The van der Waals surface area contributed by atoms with E-state index in [1.165, 1.54) is 31.2 Å². The Balaban J connectivity index is 2.03. The summed E-state index contributed by atoms with van der Waals surface area (Å²) in [4.78, 5) is 0. The van der Waals surface area contributed by atoms with Crippen molar-refractivity contribution in [3.63, 3.8) is 0 Å². The van der Waals surface area contributed by atoms with Crippen molar-refractivity contribution in [1.82, 2.24) is 0 Å². The van der Waals surface area contributed by atoms with Crippen LogP contribution in [0.4, 0.5) is 0 Å².